The van der Waals surface area contributed by atoms with Gasteiger partial charge in [-0.1, -0.05) is 0 Å². The minimum absolute atomic E-state index is 0.576. The van der Waals surface area contributed by atoms with Crippen LogP contribution in [0.25, 0.3) is 0 Å². The van der Waals surface area contributed by atoms with E-state index in [-0.39, 0.29) is 0 Å². The molecule has 0 fully saturated rings. The van der Waals surface area contributed by atoms with Crippen molar-refractivity contribution in [1.29, 1.82) is 0 Å². The number of carbonyl (C=O) groups excluding carboxylic acids is 1. The van der Waals surface area contributed by atoms with Crippen molar-refractivity contribution in [3.05, 3.63) is 30.2 Å². The van der Waals surface area contributed by atoms with Gasteiger partial charge in [-0.05, 0) is 35.4 Å². The van der Waals surface area contributed by atoms with Crippen molar-refractivity contribution in [3.8, 4) is 0 Å². The van der Waals surface area contributed by atoms with Crippen LogP contribution in [0.5, 0.6) is 0 Å². The van der Waals surface area contributed by atoms with E-state index in [4.69, 9.17) is 0 Å². The predicted molar refractivity (Wildman–Crippen MR) is 53.7 cm³/mol. The van der Waals surface area contributed by atoms with E-state index in [1.54, 1.807) is 12.1 Å². The van der Waals surface area contributed by atoms with Gasteiger partial charge in [0.15, 0.2) is 10.6 Å². The summed E-state index contributed by atoms with van der Waals surface area (Å²) < 4.78 is 4.72. The summed E-state index contributed by atoms with van der Waals surface area (Å²) in [5.74, 6) is 0. The van der Waals surface area contributed by atoms with Crippen molar-refractivity contribution < 1.29 is 4.79 Å². The smallest absolute Gasteiger partial charge is 0.175 e. The van der Waals surface area contributed by atoms with Crippen LogP contribution in [-0.4, -0.2) is 20.6 Å². The molecule has 0 aliphatic rings. The van der Waals surface area contributed by atoms with Crippen molar-refractivity contribution in [2.24, 2.45) is 0 Å². The van der Waals surface area contributed by atoms with E-state index in [9.17, 15) is 4.79 Å². The highest BCUT2D eigenvalue weighted by molar-refractivity contribution is 8.00. The molecule has 0 aromatic carbocycles. The summed E-state index contributed by atoms with van der Waals surface area (Å²) in [7, 11) is 0. The van der Waals surface area contributed by atoms with Gasteiger partial charge in [0.05, 0.1) is 0 Å². The van der Waals surface area contributed by atoms with Crippen molar-refractivity contribution in [1.82, 2.24) is 14.3 Å². The fraction of sp³-hybridized carbons (Fsp3) is 0. The molecule has 2 rings (SSSR count). The van der Waals surface area contributed by atoms with Crippen LogP contribution in [0, 0.1) is 0 Å². The van der Waals surface area contributed by atoms with Gasteiger partial charge in [-0.2, -0.15) is 4.37 Å². The first kappa shape index (κ1) is 9.29. The summed E-state index contributed by atoms with van der Waals surface area (Å²) in [6.45, 7) is 0. The van der Waals surface area contributed by atoms with Crippen LogP contribution < -0.4 is 0 Å². The zero-order valence-electron chi connectivity index (χ0n) is 6.95. The topological polar surface area (TPSA) is 55.7 Å². The maximum Gasteiger partial charge on any atom is 0.175 e. The molecule has 0 amide bonds. The van der Waals surface area contributed by atoms with E-state index in [0.717, 1.165) is 15.7 Å². The monoisotopic (exact) mass is 223 g/mol. The normalized spacial score (nSPS) is 10.0. The van der Waals surface area contributed by atoms with E-state index in [0.29, 0.717) is 5.56 Å². The molecule has 70 valence electrons. The van der Waals surface area contributed by atoms with Crippen molar-refractivity contribution >= 4 is 29.6 Å². The van der Waals surface area contributed by atoms with Gasteiger partial charge in [0, 0.05) is 11.8 Å². The number of aromatic nitrogens is 3. The standard InChI is InChI=1S/C8H5N3OS2/c12-4-6-1-2-7(9-3-6)13-8-10-5-11-14-8/h1-5H. The zero-order chi connectivity index (χ0) is 9.80. The lowest BCUT2D eigenvalue weighted by atomic mass is 10.3. The fourth-order valence-electron chi connectivity index (χ4n) is 0.819. The minimum atomic E-state index is 0.576. The van der Waals surface area contributed by atoms with Gasteiger partial charge in [0.25, 0.3) is 0 Å². The number of aldehydes is 1. The summed E-state index contributed by atoms with van der Waals surface area (Å²) in [6, 6.07) is 3.51. The molecule has 0 atom stereocenters. The Bertz CT molecular complexity index is 413. The number of rotatable bonds is 3. The average molecular weight is 223 g/mol. The molecule has 0 N–H and O–H groups in total. The van der Waals surface area contributed by atoms with Gasteiger partial charge in [-0.15, -0.1) is 0 Å². The van der Waals surface area contributed by atoms with Gasteiger partial charge in [0.1, 0.15) is 11.4 Å². The van der Waals surface area contributed by atoms with Crippen LogP contribution in [0.4, 0.5) is 0 Å². The molecule has 0 spiro atoms. The molecule has 6 heteroatoms. The molecule has 2 heterocycles. The largest absolute Gasteiger partial charge is 0.298 e. The Morgan fingerprint density at radius 2 is 2.29 bits per heavy atom. The van der Waals surface area contributed by atoms with Crippen LogP contribution in [0.15, 0.2) is 34.0 Å². The van der Waals surface area contributed by atoms with Gasteiger partial charge in [-0.25, -0.2) is 9.97 Å². The number of hydrogen-bond donors (Lipinski definition) is 0. The van der Waals surface area contributed by atoms with Crippen LogP contribution >= 0.6 is 23.3 Å². The lowest BCUT2D eigenvalue weighted by molar-refractivity contribution is 0.112. The first-order valence-corrected chi connectivity index (χ1v) is 5.33. The molecule has 0 saturated carbocycles. The highest BCUT2D eigenvalue weighted by Crippen LogP contribution is 2.25. The second-order valence-electron chi connectivity index (χ2n) is 2.36. The summed E-state index contributed by atoms with van der Waals surface area (Å²) in [6.07, 6.45) is 3.82. The highest BCUT2D eigenvalue weighted by atomic mass is 32.2. The number of carbonyl (C=O) groups is 1. The summed E-state index contributed by atoms with van der Waals surface area (Å²) in [5, 5.41) is 0.812. The highest BCUT2D eigenvalue weighted by Gasteiger charge is 2.01. The molecule has 0 bridgehead atoms. The van der Waals surface area contributed by atoms with Gasteiger partial charge < -0.3 is 0 Å². The van der Waals surface area contributed by atoms with Crippen LogP contribution in [0.3, 0.4) is 0 Å². The lowest BCUT2D eigenvalue weighted by Crippen LogP contribution is -1.83. The Balaban J connectivity index is 2.14. The van der Waals surface area contributed by atoms with Gasteiger partial charge in [-0.3, -0.25) is 4.79 Å². The maximum absolute atomic E-state index is 10.4. The maximum atomic E-state index is 10.4. The van der Waals surface area contributed by atoms with E-state index < -0.39 is 0 Å². The molecule has 0 saturated heterocycles. The first-order chi connectivity index (χ1) is 6.88. The number of hydrogen-bond acceptors (Lipinski definition) is 6. The molecule has 2 aromatic rings. The first-order valence-electron chi connectivity index (χ1n) is 3.74. The molecule has 0 unspecified atom stereocenters. The third kappa shape index (κ3) is 2.15. The summed E-state index contributed by atoms with van der Waals surface area (Å²) in [4.78, 5) is 18.5. The molecule has 0 aliphatic heterocycles. The van der Waals surface area contributed by atoms with E-state index in [1.807, 2.05) is 0 Å². The Kier molecular flexibility index (Phi) is 2.85. The third-order valence-corrected chi connectivity index (χ3v) is 3.09. The third-order valence-electron chi connectivity index (χ3n) is 1.43. The Labute approximate surface area is 88.6 Å². The Morgan fingerprint density at radius 1 is 1.36 bits per heavy atom. The Hall–Kier alpha value is -1.27. The van der Waals surface area contributed by atoms with E-state index >= 15 is 0 Å². The van der Waals surface area contributed by atoms with Crippen molar-refractivity contribution in [2.75, 3.05) is 0 Å². The van der Waals surface area contributed by atoms with Crippen LogP contribution in [0.2, 0.25) is 0 Å². The molecule has 0 aliphatic carbocycles. The molecule has 14 heavy (non-hydrogen) atoms. The minimum Gasteiger partial charge on any atom is -0.298 e. The second kappa shape index (κ2) is 4.30. The lowest BCUT2D eigenvalue weighted by Gasteiger charge is -1.95. The van der Waals surface area contributed by atoms with Crippen molar-refractivity contribution in [3.63, 3.8) is 0 Å². The zero-order valence-corrected chi connectivity index (χ0v) is 8.59. The summed E-state index contributed by atoms with van der Waals surface area (Å²) >= 11 is 2.75. The van der Waals surface area contributed by atoms with E-state index in [2.05, 4.69) is 14.3 Å². The quantitative estimate of drug-likeness (QED) is 0.744. The average Bonchev–Trinajstić information content (AvgIpc) is 2.72. The Morgan fingerprint density at radius 3 is 2.86 bits per heavy atom. The fourth-order valence-corrected chi connectivity index (χ4v) is 2.15. The SMILES string of the molecule is O=Cc1ccc(Sc2ncns2)nc1. The predicted octanol–water partition coefficient (Wildman–Crippen LogP) is 1.90. The van der Waals surface area contributed by atoms with Gasteiger partial charge in [0.2, 0.25) is 0 Å². The molecular weight excluding hydrogens is 218 g/mol. The molecule has 4 nitrogen and oxygen atoms in total. The number of nitrogens with zero attached hydrogens (tertiary/aromatic N) is 3. The molecular formula is C8H5N3OS2. The van der Waals surface area contributed by atoms with Crippen LogP contribution in [-0.2, 0) is 0 Å². The van der Waals surface area contributed by atoms with Crippen molar-refractivity contribution in [2.45, 2.75) is 9.37 Å². The van der Waals surface area contributed by atoms with E-state index in [1.165, 1.54) is 35.8 Å². The molecule has 2 aromatic heterocycles. The molecule has 0 radical (unpaired) electrons. The second-order valence-corrected chi connectivity index (χ2v) is 4.40. The summed E-state index contributed by atoms with van der Waals surface area (Å²) in [5.41, 5.74) is 0.576. The number of pyridine rings is 1. The van der Waals surface area contributed by atoms with Gasteiger partial charge >= 0.3 is 0 Å². The van der Waals surface area contributed by atoms with Crippen LogP contribution in [0.1, 0.15) is 10.4 Å².